The number of hydrogen-bond acceptors (Lipinski definition) is 2. The predicted molar refractivity (Wildman–Crippen MR) is 65.2 cm³/mol. The standard InChI is InChI=1S/C14H20N2/c1-9-8-12(9)13(15)11-6-2-4-10-5-3-7-16-14(10)11/h3,5,7,9,11-13H,2,4,6,8,15H2,1H3. The first-order chi connectivity index (χ1) is 7.77. The van der Waals surface area contributed by atoms with Gasteiger partial charge in [-0.25, -0.2) is 0 Å². The first kappa shape index (κ1) is 10.3. The summed E-state index contributed by atoms with van der Waals surface area (Å²) in [5, 5.41) is 0. The van der Waals surface area contributed by atoms with E-state index in [9.17, 15) is 0 Å². The Labute approximate surface area is 97.3 Å². The van der Waals surface area contributed by atoms with Gasteiger partial charge in [0.15, 0.2) is 0 Å². The molecule has 86 valence electrons. The van der Waals surface area contributed by atoms with E-state index in [2.05, 4.69) is 18.0 Å². The molecule has 1 aromatic rings. The number of hydrogen-bond donors (Lipinski definition) is 1. The molecule has 1 heterocycles. The van der Waals surface area contributed by atoms with Gasteiger partial charge >= 0.3 is 0 Å². The van der Waals surface area contributed by atoms with Gasteiger partial charge in [-0.2, -0.15) is 0 Å². The van der Waals surface area contributed by atoms with Crippen molar-refractivity contribution in [2.45, 2.75) is 44.6 Å². The highest BCUT2D eigenvalue weighted by molar-refractivity contribution is 5.28. The second-order valence-electron chi connectivity index (χ2n) is 5.50. The first-order valence-electron chi connectivity index (χ1n) is 6.46. The van der Waals surface area contributed by atoms with Crippen LogP contribution < -0.4 is 5.73 Å². The van der Waals surface area contributed by atoms with E-state index in [1.165, 1.54) is 36.9 Å². The van der Waals surface area contributed by atoms with Crippen molar-refractivity contribution in [1.82, 2.24) is 4.98 Å². The average Bonchev–Trinajstić information content (AvgIpc) is 3.05. The Morgan fingerprint density at radius 2 is 2.31 bits per heavy atom. The minimum Gasteiger partial charge on any atom is -0.327 e. The molecule has 2 aliphatic rings. The number of fused-ring (bicyclic) bond motifs is 1. The zero-order valence-electron chi connectivity index (χ0n) is 9.89. The van der Waals surface area contributed by atoms with Crippen molar-refractivity contribution in [3.63, 3.8) is 0 Å². The molecule has 1 saturated carbocycles. The van der Waals surface area contributed by atoms with E-state index in [4.69, 9.17) is 5.73 Å². The van der Waals surface area contributed by atoms with Crippen LogP contribution in [0.5, 0.6) is 0 Å². The average molecular weight is 216 g/mol. The lowest BCUT2D eigenvalue weighted by Crippen LogP contribution is -2.34. The van der Waals surface area contributed by atoms with Gasteiger partial charge in [-0.05, 0) is 49.1 Å². The van der Waals surface area contributed by atoms with Crippen LogP contribution in [0.3, 0.4) is 0 Å². The molecule has 4 atom stereocenters. The lowest BCUT2D eigenvalue weighted by atomic mass is 9.80. The summed E-state index contributed by atoms with van der Waals surface area (Å²) in [4.78, 5) is 4.58. The number of rotatable bonds is 2. The summed E-state index contributed by atoms with van der Waals surface area (Å²) in [7, 11) is 0. The van der Waals surface area contributed by atoms with Gasteiger partial charge in [-0.3, -0.25) is 4.98 Å². The Bertz CT molecular complexity index is 388. The third-order valence-electron chi connectivity index (χ3n) is 4.37. The summed E-state index contributed by atoms with van der Waals surface area (Å²) in [5.41, 5.74) is 9.14. The number of nitrogens with two attached hydrogens (primary N) is 1. The van der Waals surface area contributed by atoms with Gasteiger partial charge in [0.25, 0.3) is 0 Å². The van der Waals surface area contributed by atoms with Crippen LogP contribution in [0.4, 0.5) is 0 Å². The molecule has 2 heteroatoms. The largest absolute Gasteiger partial charge is 0.327 e. The summed E-state index contributed by atoms with van der Waals surface area (Å²) < 4.78 is 0. The van der Waals surface area contributed by atoms with E-state index in [-0.39, 0.29) is 0 Å². The maximum Gasteiger partial charge on any atom is 0.0481 e. The molecule has 16 heavy (non-hydrogen) atoms. The van der Waals surface area contributed by atoms with Crippen LogP contribution >= 0.6 is 0 Å². The fourth-order valence-electron chi connectivity index (χ4n) is 3.21. The van der Waals surface area contributed by atoms with Crippen molar-refractivity contribution >= 4 is 0 Å². The van der Waals surface area contributed by atoms with E-state index < -0.39 is 0 Å². The summed E-state index contributed by atoms with van der Waals surface area (Å²) in [6.45, 7) is 2.31. The monoisotopic (exact) mass is 216 g/mol. The fraction of sp³-hybridized carbons (Fsp3) is 0.643. The lowest BCUT2D eigenvalue weighted by Gasteiger charge is -2.29. The maximum atomic E-state index is 6.42. The molecule has 2 nitrogen and oxygen atoms in total. The van der Waals surface area contributed by atoms with Gasteiger partial charge in [0.05, 0.1) is 0 Å². The van der Waals surface area contributed by atoms with Crippen LogP contribution in [-0.2, 0) is 6.42 Å². The zero-order chi connectivity index (χ0) is 11.1. The van der Waals surface area contributed by atoms with Crippen molar-refractivity contribution in [3.8, 4) is 0 Å². The molecular weight excluding hydrogens is 196 g/mol. The molecule has 3 rings (SSSR count). The Morgan fingerprint density at radius 3 is 3.06 bits per heavy atom. The summed E-state index contributed by atoms with van der Waals surface area (Å²) in [6, 6.07) is 4.60. The molecule has 0 aromatic carbocycles. The van der Waals surface area contributed by atoms with Crippen LogP contribution in [0.25, 0.3) is 0 Å². The fourth-order valence-corrected chi connectivity index (χ4v) is 3.21. The van der Waals surface area contributed by atoms with Gasteiger partial charge in [0.2, 0.25) is 0 Å². The number of nitrogens with zero attached hydrogens (tertiary/aromatic N) is 1. The summed E-state index contributed by atoms with van der Waals surface area (Å²) in [5.74, 6) is 2.10. The van der Waals surface area contributed by atoms with Crippen molar-refractivity contribution in [2.24, 2.45) is 17.6 Å². The highest BCUT2D eigenvalue weighted by Gasteiger charge is 2.42. The molecule has 1 fully saturated rings. The van der Waals surface area contributed by atoms with Gasteiger partial charge in [0.1, 0.15) is 0 Å². The van der Waals surface area contributed by atoms with Crippen LogP contribution in [0, 0.1) is 11.8 Å². The minimum atomic E-state index is 0.337. The molecule has 1 aromatic heterocycles. The second-order valence-corrected chi connectivity index (χ2v) is 5.50. The zero-order valence-corrected chi connectivity index (χ0v) is 9.89. The number of aromatic nitrogens is 1. The van der Waals surface area contributed by atoms with E-state index in [1.54, 1.807) is 0 Å². The Morgan fingerprint density at radius 1 is 1.50 bits per heavy atom. The van der Waals surface area contributed by atoms with Gasteiger partial charge in [0, 0.05) is 23.9 Å². The molecule has 0 spiro atoms. The Kier molecular flexibility index (Phi) is 2.47. The first-order valence-corrected chi connectivity index (χ1v) is 6.46. The normalized spacial score (nSPS) is 34.2. The molecule has 0 saturated heterocycles. The molecule has 0 aliphatic heterocycles. The number of aryl methyl sites for hydroxylation is 1. The molecule has 4 unspecified atom stereocenters. The SMILES string of the molecule is CC1CC1C(N)C1CCCc2cccnc21. The van der Waals surface area contributed by atoms with Crippen molar-refractivity contribution in [3.05, 3.63) is 29.6 Å². The summed E-state index contributed by atoms with van der Waals surface area (Å²) in [6.07, 6.45) is 6.93. The number of pyridine rings is 1. The minimum absolute atomic E-state index is 0.337. The van der Waals surface area contributed by atoms with E-state index in [0.717, 1.165) is 11.8 Å². The lowest BCUT2D eigenvalue weighted by molar-refractivity contribution is 0.408. The van der Waals surface area contributed by atoms with E-state index >= 15 is 0 Å². The van der Waals surface area contributed by atoms with E-state index in [1.807, 2.05) is 12.3 Å². The third-order valence-corrected chi connectivity index (χ3v) is 4.37. The molecule has 0 bridgehead atoms. The molecular formula is C14H20N2. The molecule has 2 aliphatic carbocycles. The van der Waals surface area contributed by atoms with E-state index in [0.29, 0.717) is 12.0 Å². The van der Waals surface area contributed by atoms with Crippen LogP contribution in [0.1, 0.15) is 43.4 Å². The smallest absolute Gasteiger partial charge is 0.0481 e. The molecule has 0 radical (unpaired) electrons. The van der Waals surface area contributed by atoms with Crippen molar-refractivity contribution in [1.29, 1.82) is 0 Å². The summed E-state index contributed by atoms with van der Waals surface area (Å²) >= 11 is 0. The second kappa shape index (κ2) is 3.85. The topological polar surface area (TPSA) is 38.9 Å². The molecule has 0 amide bonds. The maximum absolute atomic E-state index is 6.42. The quantitative estimate of drug-likeness (QED) is 0.825. The van der Waals surface area contributed by atoms with Gasteiger partial charge in [-0.15, -0.1) is 0 Å². The third kappa shape index (κ3) is 1.65. The predicted octanol–water partition coefficient (Wildman–Crippen LogP) is 2.48. The van der Waals surface area contributed by atoms with Crippen molar-refractivity contribution < 1.29 is 0 Å². The Balaban J connectivity index is 1.86. The van der Waals surface area contributed by atoms with Crippen LogP contribution in [0.2, 0.25) is 0 Å². The van der Waals surface area contributed by atoms with Crippen molar-refractivity contribution in [2.75, 3.05) is 0 Å². The Hall–Kier alpha value is -0.890. The van der Waals surface area contributed by atoms with Gasteiger partial charge < -0.3 is 5.73 Å². The highest BCUT2D eigenvalue weighted by Crippen LogP contribution is 2.46. The molecule has 2 N–H and O–H groups in total. The van der Waals surface area contributed by atoms with Crippen LogP contribution in [-0.4, -0.2) is 11.0 Å². The highest BCUT2D eigenvalue weighted by atomic mass is 14.8. The van der Waals surface area contributed by atoms with Crippen LogP contribution in [0.15, 0.2) is 18.3 Å². The van der Waals surface area contributed by atoms with Gasteiger partial charge in [-0.1, -0.05) is 13.0 Å².